The standard InChI is InChI=1S/C12H17FN2O3/c1-8(2)11(7-18-3)14-9-4-5-10(13)12(6-9)15(16)17/h4-6,8,11,14H,7H2,1-3H3. The average Bonchev–Trinajstić information content (AvgIpc) is 2.30. The number of methoxy groups -OCH3 is 1. The maximum Gasteiger partial charge on any atom is 0.306 e. The van der Waals surface area contributed by atoms with Crippen molar-refractivity contribution in [2.75, 3.05) is 19.0 Å². The molecule has 0 bridgehead atoms. The third-order valence-electron chi connectivity index (χ3n) is 2.65. The summed E-state index contributed by atoms with van der Waals surface area (Å²) >= 11 is 0. The monoisotopic (exact) mass is 256 g/mol. The molecule has 5 nitrogen and oxygen atoms in total. The van der Waals surface area contributed by atoms with Gasteiger partial charge in [0.05, 0.1) is 17.6 Å². The predicted octanol–water partition coefficient (Wildman–Crippen LogP) is 2.82. The molecule has 18 heavy (non-hydrogen) atoms. The fraction of sp³-hybridized carbons (Fsp3) is 0.500. The lowest BCUT2D eigenvalue weighted by molar-refractivity contribution is -0.387. The lowest BCUT2D eigenvalue weighted by Crippen LogP contribution is -2.30. The summed E-state index contributed by atoms with van der Waals surface area (Å²) in [7, 11) is 1.59. The lowest BCUT2D eigenvalue weighted by Gasteiger charge is -2.22. The summed E-state index contributed by atoms with van der Waals surface area (Å²) in [4.78, 5) is 9.90. The highest BCUT2D eigenvalue weighted by Crippen LogP contribution is 2.23. The van der Waals surface area contributed by atoms with Gasteiger partial charge in [0.1, 0.15) is 0 Å². The van der Waals surface area contributed by atoms with Crippen molar-refractivity contribution in [3.63, 3.8) is 0 Å². The molecule has 1 rings (SSSR count). The summed E-state index contributed by atoms with van der Waals surface area (Å²) in [6.45, 7) is 4.49. The van der Waals surface area contributed by atoms with Crippen molar-refractivity contribution in [2.24, 2.45) is 5.92 Å². The number of nitro benzene ring substituents is 1. The lowest BCUT2D eigenvalue weighted by atomic mass is 10.0. The smallest absolute Gasteiger partial charge is 0.306 e. The molecule has 1 N–H and O–H groups in total. The van der Waals surface area contributed by atoms with Gasteiger partial charge in [-0.1, -0.05) is 13.8 Å². The largest absolute Gasteiger partial charge is 0.383 e. The summed E-state index contributed by atoms with van der Waals surface area (Å²) < 4.78 is 18.2. The minimum atomic E-state index is -0.835. The van der Waals surface area contributed by atoms with E-state index in [4.69, 9.17) is 4.74 Å². The van der Waals surface area contributed by atoms with Crippen LogP contribution in [0.5, 0.6) is 0 Å². The number of anilines is 1. The molecule has 0 aliphatic rings. The minimum absolute atomic E-state index is 0.0139. The van der Waals surface area contributed by atoms with Gasteiger partial charge in [0.15, 0.2) is 0 Å². The van der Waals surface area contributed by atoms with Crippen molar-refractivity contribution in [3.8, 4) is 0 Å². The number of nitrogens with zero attached hydrogens (tertiary/aromatic N) is 1. The highest BCUT2D eigenvalue weighted by Gasteiger charge is 2.17. The van der Waals surface area contributed by atoms with Crippen LogP contribution in [0.2, 0.25) is 0 Å². The third-order valence-corrected chi connectivity index (χ3v) is 2.65. The van der Waals surface area contributed by atoms with E-state index in [9.17, 15) is 14.5 Å². The van der Waals surface area contributed by atoms with Crippen molar-refractivity contribution in [1.29, 1.82) is 0 Å². The van der Waals surface area contributed by atoms with Crippen LogP contribution in [0.1, 0.15) is 13.8 Å². The molecule has 0 amide bonds. The van der Waals surface area contributed by atoms with E-state index < -0.39 is 16.4 Å². The first-order valence-electron chi connectivity index (χ1n) is 5.65. The molecule has 6 heteroatoms. The molecule has 0 aliphatic heterocycles. The van der Waals surface area contributed by atoms with Gasteiger partial charge in [-0.15, -0.1) is 0 Å². The average molecular weight is 256 g/mol. The van der Waals surface area contributed by atoms with Crippen LogP contribution in [0, 0.1) is 21.8 Å². The van der Waals surface area contributed by atoms with Crippen LogP contribution < -0.4 is 5.32 Å². The van der Waals surface area contributed by atoms with Gasteiger partial charge < -0.3 is 10.1 Å². The molecular weight excluding hydrogens is 239 g/mol. The van der Waals surface area contributed by atoms with Gasteiger partial charge in [0.25, 0.3) is 0 Å². The van der Waals surface area contributed by atoms with Crippen LogP contribution in [0.4, 0.5) is 15.8 Å². The molecule has 0 saturated heterocycles. The number of nitrogens with one attached hydrogen (secondary N) is 1. The van der Waals surface area contributed by atoms with E-state index in [2.05, 4.69) is 5.32 Å². The molecule has 100 valence electrons. The van der Waals surface area contributed by atoms with E-state index in [0.717, 1.165) is 6.07 Å². The molecule has 1 aromatic carbocycles. The van der Waals surface area contributed by atoms with Crippen LogP contribution in [0.25, 0.3) is 0 Å². The fourth-order valence-electron chi connectivity index (χ4n) is 1.54. The van der Waals surface area contributed by atoms with Crippen molar-refractivity contribution in [1.82, 2.24) is 0 Å². The second-order valence-corrected chi connectivity index (χ2v) is 4.37. The number of rotatable bonds is 6. The Labute approximate surface area is 105 Å². The molecule has 1 unspecified atom stereocenters. The Morgan fingerprint density at radius 2 is 2.17 bits per heavy atom. The zero-order valence-corrected chi connectivity index (χ0v) is 10.6. The van der Waals surface area contributed by atoms with Crippen LogP contribution in [-0.2, 0) is 4.74 Å². The van der Waals surface area contributed by atoms with Gasteiger partial charge in [-0.2, -0.15) is 4.39 Å². The normalized spacial score (nSPS) is 12.5. The molecule has 0 radical (unpaired) electrons. The minimum Gasteiger partial charge on any atom is -0.383 e. The Kier molecular flexibility index (Phi) is 5.03. The van der Waals surface area contributed by atoms with E-state index in [0.29, 0.717) is 12.3 Å². The summed E-state index contributed by atoms with van der Waals surface area (Å²) in [6, 6.07) is 3.78. The maximum absolute atomic E-state index is 13.2. The zero-order chi connectivity index (χ0) is 13.7. The molecule has 0 saturated carbocycles. The number of nitro groups is 1. The maximum atomic E-state index is 13.2. The summed E-state index contributed by atoms with van der Waals surface area (Å²) in [6.07, 6.45) is 0. The van der Waals surface area contributed by atoms with Crippen LogP contribution >= 0.6 is 0 Å². The van der Waals surface area contributed by atoms with Gasteiger partial charge in [-0.3, -0.25) is 10.1 Å². The van der Waals surface area contributed by atoms with Crippen molar-refractivity contribution in [3.05, 3.63) is 34.1 Å². The van der Waals surface area contributed by atoms with E-state index in [1.54, 1.807) is 7.11 Å². The van der Waals surface area contributed by atoms with Crippen molar-refractivity contribution >= 4 is 11.4 Å². The highest BCUT2D eigenvalue weighted by molar-refractivity contribution is 5.52. The number of hydrogen-bond acceptors (Lipinski definition) is 4. The van der Waals surface area contributed by atoms with Crippen LogP contribution in [0.15, 0.2) is 18.2 Å². The molecule has 0 aliphatic carbocycles. The van der Waals surface area contributed by atoms with Crippen molar-refractivity contribution in [2.45, 2.75) is 19.9 Å². The van der Waals surface area contributed by atoms with Gasteiger partial charge in [0, 0.05) is 18.9 Å². The SMILES string of the molecule is COCC(Nc1ccc(F)c([N+](=O)[O-])c1)C(C)C. The van der Waals surface area contributed by atoms with Crippen molar-refractivity contribution < 1.29 is 14.1 Å². The molecule has 1 atom stereocenters. The summed E-state index contributed by atoms with van der Waals surface area (Å²) in [5.41, 5.74) is -0.0150. The second kappa shape index (κ2) is 6.30. The van der Waals surface area contributed by atoms with E-state index in [1.165, 1.54) is 12.1 Å². The molecule has 0 spiro atoms. The van der Waals surface area contributed by atoms with E-state index >= 15 is 0 Å². The number of halogens is 1. The molecule has 0 heterocycles. The number of ether oxygens (including phenoxy) is 1. The quantitative estimate of drug-likeness (QED) is 0.628. The van der Waals surface area contributed by atoms with Gasteiger partial charge in [-0.05, 0) is 18.1 Å². The Hall–Kier alpha value is -1.69. The third kappa shape index (κ3) is 3.66. The number of benzene rings is 1. The molecule has 1 aromatic rings. The number of hydrogen-bond donors (Lipinski definition) is 1. The summed E-state index contributed by atoms with van der Waals surface area (Å²) in [5, 5.41) is 13.7. The van der Waals surface area contributed by atoms with Gasteiger partial charge >= 0.3 is 5.69 Å². The zero-order valence-electron chi connectivity index (χ0n) is 10.6. The Morgan fingerprint density at radius 1 is 1.50 bits per heavy atom. The molecule has 0 fully saturated rings. The van der Waals surface area contributed by atoms with Crippen LogP contribution in [-0.4, -0.2) is 24.7 Å². The predicted molar refractivity (Wildman–Crippen MR) is 67.2 cm³/mol. The highest BCUT2D eigenvalue weighted by atomic mass is 19.1. The van der Waals surface area contributed by atoms with Crippen LogP contribution in [0.3, 0.4) is 0 Å². The first-order valence-corrected chi connectivity index (χ1v) is 5.65. The first-order chi connectivity index (χ1) is 8.45. The van der Waals surface area contributed by atoms with Gasteiger partial charge in [0.2, 0.25) is 5.82 Å². The Bertz CT molecular complexity index is 424. The Morgan fingerprint density at radius 3 is 2.67 bits per heavy atom. The first kappa shape index (κ1) is 14.4. The van der Waals surface area contributed by atoms with E-state index in [1.807, 2.05) is 13.8 Å². The van der Waals surface area contributed by atoms with Gasteiger partial charge in [-0.25, -0.2) is 0 Å². The topological polar surface area (TPSA) is 64.4 Å². The second-order valence-electron chi connectivity index (χ2n) is 4.37. The Balaban J connectivity index is 2.89. The fourth-order valence-corrected chi connectivity index (χ4v) is 1.54. The molecular formula is C12H17FN2O3. The van der Waals surface area contributed by atoms with E-state index in [-0.39, 0.29) is 12.0 Å². The molecule has 0 aromatic heterocycles. The summed E-state index contributed by atoms with van der Waals surface area (Å²) in [5.74, 6) is -0.549.